The van der Waals surface area contributed by atoms with Gasteiger partial charge in [0.15, 0.2) is 0 Å². The normalized spacial score (nSPS) is 15.0. The molecule has 1 aliphatic heterocycles. The third-order valence-electron chi connectivity index (χ3n) is 3.56. The Bertz CT molecular complexity index is 606. The van der Waals surface area contributed by atoms with Crippen LogP contribution in [0.4, 0.5) is 0 Å². The average molecular weight is 304 g/mol. The van der Waals surface area contributed by atoms with Crippen LogP contribution in [0.1, 0.15) is 25.2 Å². The van der Waals surface area contributed by atoms with Crippen molar-refractivity contribution in [3.63, 3.8) is 0 Å². The van der Waals surface area contributed by atoms with Crippen molar-refractivity contribution in [2.45, 2.75) is 26.3 Å². The summed E-state index contributed by atoms with van der Waals surface area (Å²) in [6.07, 6.45) is 2.68. The van der Waals surface area contributed by atoms with Crippen molar-refractivity contribution in [3.05, 3.63) is 35.8 Å². The van der Waals surface area contributed by atoms with Gasteiger partial charge in [-0.2, -0.15) is 0 Å². The first-order chi connectivity index (χ1) is 10.6. The van der Waals surface area contributed by atoms with Gasteiger partial charge >= 0.3 is 0 Å². The molecule has 6 heteroatoms. The van der Waals surface area contributed by atoms with E-state index < -0.39 is 5.54 Å². The lowest BCUT2D eigenvalue weighted by Crippen LogP contribution is -2.37. The van der Waals surface area contributed by atoms with Gasteiger partial charge in [0.25, 0.3) is 0 Å². The monoisotopic (exact) mass is 304 g/mol. The summed E-state index contributed by atoms with van der Waals surface area (Å²) in [5.41, 5.74) is 2.42. The number of hydrogen-bond acceptors (Lipinski definition) is 4. The second kappa shape index (κ2) is 7.38. The van der Waals surface area contributed by atoms with Crippen LogP contribution in [0.5, 0.6) is 0 Å². The minimum atomic E-state index is -0.424. The minimum absolute atomic E-state index is 0.424. The summed E-state index contributed by atoms with van der Waals surface area (Å²) in [5, 5.41) is 5.98. The van der Waals surface area contributed by atoms with Crippen molar-refractivity contribution in [1.82, 2.24) is 20.0 Å². The highest BCUT2D eigenvalue weighted by atomic mass is 16.5. The number of fused-ring (bicyclic) bond motifs is 1. The predicted octanol–water partition coefficient (Wildman–Crippen LogP) is 1.23. The molecule has 6 nitrogen and oxygen atoms in total. The molecule has 2 aromatic rings. The fraction of sp³-hybridized carbons (Fsp3) is 0.500. The quantitative estimate of drug-likeness (QED) is 0.837. The highest BCUT2D eigenvalue weighted by Gasteiger charge is 2.26. The van der Waals surface area contributed by atoms with Crippen LogP contribution in [-0.4, -0.2) is 42.1 Å². The molecule has 0 atom stereocenters. The van der Waals surface area contributed by atoms with E-state index in [1.54, 1.807) is 0 Å². The molecule has 3 rings (SSSR count). The van der Waals surface area contributed by atoms with Gasteiger partial charge in [-0.15, -0.1) is 0 Å². The summed E-state index contributed by atoms with van der Waals surface area (Å²) < 4.78 is 7.01. The number of pyridine rings is 1. The second-order valence-electron chi connectivity index (χ2n) is 5.72. The average Bonchev–Trinajstić information content (AvgIpc) is 2.86. The number of morpholine rings is 1. The summed E-state index contributed by atoms with van der Waals surface area (Å²) in [6.45, 7) is 9.71. The molecule has 1 fully saturated rings. The molecule has 2 aromatic heterocycles. The number of rotatable bonds is 3. The number of aryl methyl sites for hydroxylation is 1. The molecule has 0 aliphatic carbocycles. The van der Waals surface area contributed by atoms with E-state index in [2.05, 4.69) is 15.6 Å². The van der Waals surface area contributed by atoms with Crippen molar-refractivity contribution < 1.29 is 9.53 Å². The van der Waals surface area contributed by atoms with Gasteiger partial charge in [0, 0.05) is 19.3 Å². The van der Waals surface area contributed by atoms with Crippen LogP contribution >= 0.6 is 0 Å². The Balaban J connectivity index is 0.000000246. The Morgan fingerprint density at radius 2 is 2.09 bits per heavy atom. The lowest BCUT2D eigenvalue weighted by Gasteiger charge is -2.24. The summed E-state index contributed by atoms with van der Waals surface area (Å²) >= 11 is 0. The van der Waals surface area contributed by atoms with E-state index in [0.717, 1.165) is 49.7 Å². The topological polar surface area (TPSA) is 67.7 Å². The van der Waals surface area contributed by atoms with Crippen LogP contribution in [0, 0.1) is 6.92 Å². The fourth-order valence-electron chi connectivity index (χ4n) is 2.60. The smallest absolute Gasteiger partial charge is 0.207 e. The van der Waals surface area contributed by atoms with E-state index >= 15 is 0 Å². The number of ether oxygens (including phenoxy) is 1. The Morgan fingerprint density at radius 1 is 1.36 bits per heavy atom. The number of nitrogens with one attached hydrogen (secondary N) is 2. The molecule has 2 N–H and O–H groups in total. The predicted molar refractivity (Wildman–Crippen MR) is 85.8 cm³/mol. The van der Waals surface area contributed by atoms with Gasteiger partial charge in [-0.25, -0.2) is 4.98 Å². The number of imidazole rings is 1. The van der Waals surface area contributed by atoms with Crippen molar-refractivity contribution >= 4 is 12.1 Å². The third kappa shape index (κ3) is 3.84. The number of carbonyl (C=O) groups is 1. The first-order valence-corrected chi connectivity index (χ1v) is 7.50. The SMILES string of the molecule is C1COCCN1.Cc1nc2ccccn2c1C(C)(C)NC=O. The zero-order valence-corrected chi connectivity index (χ0v) is 13.4. The van der Waals surface area contributed by atoms with E-state index in [4.69, 9.17) is 4.74 Å². The molecular formula is C16H24N4O2. The zero-order valence-electron chi connectivity index (χ0n) is 13.4. The van der Waals surface area contributed by atoms with Crippen molar-refractivity contribution in [1.29, 1.82) is 0 Å². The zero-order chi connectivity index (χ0) is 16.0. The highest BCUT2D eigenvalue weighted by Crippen LogP contribution is 2.24. The maximum Gasteiger partial charge on any atom is 0.207 e. The van der Waals surface area contributed by atoms with Crippen molar-refractivity contribution in [2.24, 2.45) is 0 Å². The van der Waals surface area contributed by atoms with Gasteiger partial charge in [-0.1, -0.05) is 6.07 Å². The summed E-state index contributed by atoms with van der Waals surface area (Å²) in [5.74, 6) is 0. The molecule has 3 heterocycles. The van der Waals surface area contributed by atoms with Crippen LogP contribution in [-0.2, 0) is 15.1 Å². The van der Waals surface area contributed by atoms with Crippen LogP contribution < -0.4 is 10.6 Å². The van der Waals surface area contributed by atoms with E-state index in [-0.39, 0.29) is 0 Å². The Morgan fingerprint density at radius 3 is 2.64 bits per heavy atom. The van der Waals surface area contributed by atoms with Crippen LogP contribution in [0.2, 0.25) is 0 Å². The highest BCUT2D eigenvalue weighted by molar-refractivity contribution is 5.51. The van der Waals surface area contributed by atoms with Gasteiger partial charge in [0.2, 0.25) is 6.41 Å². The number of aromatic nitrogens is 2. The van der Waals surface area contributed by atoms with Crippen molar-refractivity contribution in [2.75, 3.05) is 26.3 Å². The molecule has 1 amide bonds. The largest absolute Gasteiger partial charge is 0.379 e. The molecule has 1 saturated heterocycles. The summed E-state index contributed by atoms with van der Waals surface area (Å²) in [6, 6.07) is 5.85. The Labute approximate surface area is 130 Å². The van der Waals surface area contributed by atoms with E-state index in [0.29, 0.717) is 0 Å². The van der Waals surface area contributed by atoms with Crippen LogP contribution in [0.25, 0.3) is 5.65 Å². The Hall–Kier alpha value is -1.92. The summed E-state index contributed by atoms with van der Waals surface area (Å²) in [7, 11) is 0. The van der Waals surface area contributed by atoms with E-state index in [9.17, 15) is 4.79 Å². The Kier molecular flexibility index (Phi) is 5.51. The molecule has 120 valence electrons. The van der Waals surface area contributed by atoms with Gasteiger partial charge < -0.3 is 19.8 Å². The maximum absolute atomic E-state index is 10.6. The molecule has 1 aliphatic rings. The van der Waals surface area contributed by atoms with Crippen molar-refractivity contribution in [3.8, 4) is 0 Å². The van der Waals surface area contributed by atoms with Gasteiger partial charge in [-0.3, -0.25) is 4.79 Å². The lowest BCUT2D eigenvalue weighted by molar-refractivity contribution is -0.111. The molecule has 0 spiro atoms. The van der Waals surface area contributed by atoms with E-state index in [1.165, 1.54) is 0 Å². The summed E-state index contributed by atoms with van der Waals surface area (Å²) in [4.78, 5) is 15.1. The number of nitrogens with zero attached hydrogens (tertiary/aromatic N) is 2. The minimum Gasteiger partial charge on any atom is -0.379 e. The van der Waals surface area contributed by atoms with Gasteiger partial charge in [0.1, 0.15) is 5.65 Å². The third-order valence-corrected chi connectivity index (χ3v) is 3.56. The molecule has 0 bridgehead atoms. The standard InChI is InChI=1S/C12H15N3O.C4H9NO/c1-9-11(12(2,3)13-8-16)15-7-5-4-6-10(15)14-9;1-3-6-4-2-5-1/h4-8H,1-3H3,(H,13,16);5H,1-4H2. The second-order valence-corrected chi connectivity index (χ2v) is 5.72. The molecule has 22 heavy (non-hydrogen) atoms. The number of amides is 1. The maximum atomic E-state index is 10.6. The first kappa shape index (κ1) is 16.5. The van der Waals surface area contributed by atoms with Gasteiger partial charge in [-0.05, 0) is 32.9 Å². The molecule has 0 radical (unpaired) electrons. The number of carbonyl (C=O) groups excluding carboxylic acids is 1. The van der Waals surface area contributed by atoms with Crippen LogP contribution in [0.15, 0.2) is 24.4 Å². The van der Waals surface area contributed by atoms with Gasteiger partial charge in [0.05, 0.1) is 30.1 Å². The molecule has 0 saturated carbocycles. The molecule has 0 aromatic carbocycles. The first-order valence-electron chi connectivity index (χ1n) is 7.50. The lowest BCUT2D eigenvalue weighted by atomic mass is 9.99. The molecular weight excluding hydrogens is 280 g/mol. The van der Waals surface area contributed by atoms with Crippen LogP contribution in [0.3, 0.4) is 0 Å². The fourth-order valence-corrected chi connectivity index (χ4v) is 2.60. The number of hydrogen-bond donors (Lipinski definition) is 2. The molecule has 0 unspecified atom stereocenters. The van der Waals surface area contributed by atoms with E-state index in [1.807, 2.05) is 49.6 Å².